The van der Waals surface area contributed by atoms with Crippen LogP contribution < -0.4 is 10.5 Å². The highest BCUT2D eigenvalue weighted by atomic mass is 32.1. The van der Waals surface area contributed by atoms with E-state index in [1.165, 1.54) is 12.1 Å². The van der Waals surface area contributed by atoms with E-state index in [9.17, 15) is 4.39 Å². The number of nitrogens with zero attached hydrogens (tertiary/aromatic N) is 2. The fraction of sp³-hybridized carbons (Fsp3) is 0.231. The maximum atomic E-state index is 13.6. The molecule has 0 saturated heterocycles. The highest BCUT2D eigenvalue weighted by Gasteiger charge is 2.06. The minimum atomic E-state index is -0.466. The number of ether oxygens (including phenoxy) is 1. The van der Waals surface area contributed by atoms with E-state index in [2.05, 4.69) is 5.10 Å². The lowest BCUT2D eigenvalue weighted by atomic mass is 10.2. The molecular formula is C13H14FN3OS. The number of halogens is 1. The van der Waals surface area contributed by atoms with E-state index in [-0.39, 0.29) is 10.6 Å². The van der Waals surface area contributed by atoms with Crippen molar-refractivity contribution in [3.8, 4) is 5.75 Å². The average Bonchev–Trinajstić information content (AvgIpc) is 2.75. The first kappa shape index (κ1) is 13.5. The smallest absolute Gasteiger partial charge is 0.137 e. The van der Waals surface area contributed by atoms with Crippen LogP contribution in [-0.4, -0.2) is 21.4 Å². The number of hydrogen-bond donors (Lipinski definition) is 1. The molecule has 0 bridgehead atoms. The monoisotopic (exact) mass is 279 g/mol. The van der Waals surface area contributed by atoms with Crippen molar-refractivity contribution in [2.75, 3.05) is 6.61 Å². The van der Waals surface area contributed by atoms with Gasteiger partial charge in [-0.2, -0.15) is 5.10 Å². The second kappa shape index (κ2) is 5.79. The van der Waals surface area contributed by atoms with Gasteiger partial charge in [-0.05, 0) is 17.7 Å². The summed E-state index contributed by atoms with van der Waals surface area (Å²) in [4.78, 5) is 0.0411. The minimum Gasteiger partial charge on any atom is -0.493 e. The van der Waals surface area contributed by atoms with Crippen molar-refractivity contribution >= 4 is 17.2 Å². The van der Waals surface area contributed by atoms with Gasteiger partial charge in [0, 0.05) is 31.3 Å². The van der Waals surface area contributed by atoms with E-state index in [1.54, 1.807) is 16.9 Å². The van der Waals surface area contributed by atoms with Crippen molar-refractivity contribution in [2.45, 2.75) is 6.42 Å². The Kier molecular flexibility index (Phi) is 4.11. The Morgan fingerprint density at radius 1 is 1.53 bits per heavy atom. The average molecular weight is 279 g/mol. The first-order chi connectivity index (χ1) is 9.06. The number of benzene rings is 1. The number of aryl methyl sites for hydroxylation is 1. The third-order valence-corrected chi connectivity index (χ3v) is 2.84. The van der Waals surface area contributed by atoms with Gasteiger partial charge < -0.3 is 10.5 Å². The first-order valence-corrected chi connectivity index (χ1v) is 6.17. The molecule has 100 valence electrons. The molecule has 0 fully saturated rings. The standard InChI is InChI=1S/C13H14FN3OS/c1-17-8-9(7-16-17)4-5-18-10-2-3-11(13(15)19)12(14)6-10/h2-3,6-8H,4-5H2,1H3,(H2,15,19). The molecule has 4 nitrogen and oxygen atoms in total. The van der Waals surface area contributed by atoms with Crippen LogP contribution in [0, 0.1) is 5.82 Å². The lowest BCUT2D eigenvalue weighted by molar-refractivity contribution is 0.320. The van der Waals surface area contributed by atoms with Gasteiger partial charge in [0.1, 0.15) is 16.6 Å². The molecule has 2 rings (SSSR count). The molecule has 6 heteroatoms. The topological polar surface area (TPSA) is 53.1 Å². The number of thiocarbonyl (C=S) groups is 1. The molecular weight excluding hydrogens is 265 g/mol. The first-order valence-electron chi connectivity index (χ1n) is 5.76. The fourth-order valence-corrected chi connectivity index (χ4v) is 1.84. The molecule has 0 radical (unpaired) electrons. The van der Waals surface area contributed by atoms with Gasteiger partial charge in [-0.3, -0.25) is 4.68 Å². The van der Waals surface area contributed by atoms with Crippen molar-refractivity contribution in [2.24, 2.45) is 12.8 Å². The minimum absolute atomic E-state index is 0.0411. The Morgan fingerprint density at radius 2 is 2.32 bits per heavy atom. The summed E-state index contributed by atoms with van der Waals surface area (Å²) in [5, 5.41) is 4.06. The van der Waals surface area contributed by atoms with E-state index in [1.807, 2.05) is 13.2 Å². The molecule has 0 unspecified atom stereocenters. The summed E-state index contributed by atoms with van der Waals surface area (Å²) in [6, 6.07) is 4.47. The third-order valence-electron chi connectivity index (χ3n) is 2.62. The van der Waals surface area contributed by atoms with Crippen LogP contribution in [0.3, 0.4) is 0 Å². The maximum Gasteiger partial charge on any atom is 0.137 e. The third kappa shape index (κ3) is 3.51. The highest BCUT2D eigenvalue weighted by Crippen LogP contribution is 2.17. The van der Waals surface area contributed by atoms with Gasteiger partial charge in [0.25, 0.3) is 0 Å². The molecule has 2 aromatic rings. The van der Waals surface area contributed by atoms with E-state index < -0.39 is 5.82 Å². The van der Waals surface area contributed by atoms with Crippen LogP contribution in [0.15, 0.2) is 30.6 Å². The van der Waals surface area contributed by atoms with Crippen molar-refractivity contribution in [1.29, 1.82) is 0 Å². The predicted molar refractivity (Wildman–Crippen MR) is 74.7 cm³/mol. The predicted octanol–water partition coefficient (Wildman–Crippen LogP) is 1.81. The van der Waals surface area contributed by atoms with Crippen molar-refractivity contribution < 1.29 is 9.13 Å². The van der Waals surface area contributed by atoms with Gasteiger partial charge in [0.05, 0.1) is 12.8 Å². The Bertz CT molecular complexity index is 597. The molecule has 0 spiro atoms. The second-order valence-corrected chi connectivity index (χ2v) is 4.57. The lowest BCUT2D eigenvalue weighted by Gasteiger charge is -2.07. The van der Waals surface area contributed by atoms with Crippen LogP contribution in [-0.2, 0) is 13.5 Å². The Morgan fingerprint density at radius 3 is 2.89 bits per heavy atom. The van der Waals surface area contributed by atoms with E-state index in [4.69, 9.17) is 22.7 Å². The molecule has 0 saturated carbocycles. The van der Waals surface area contributed by atoms with E-state index in [0.717, 1.165) is 5.56 Å². The summed E-state index contributed by atoms with van der Waals surface area (Å²) in [5.74, 6) is -0.00670. The summed E-state index contributed by atoms with van der Waals surface area (Å²) in [6.45, 7) is 0.456. The molecule has 1 aromatic carbocycles. The number of rotatable bonds is 5. The highest BCUT2D eigenvalue weighted by molar-refractivity contribution is 7.80. The van der Waals surface area contributed by atoms with Crippen LogP contribution in [0.4, 0.5) is 4.39 Å². The maximum absolute atomic E-state index is 13.6. The van der Waals surface area contributed by atoms with Crippen LogP contribution in [0.25, 0.3) is 0 Å². The van der Waals surface area contributed by atoms with Crippen LogP contribution in [0.5, 0.6) is 5.75 Å². The molecule has 0 aliphatic rings. The summed E-state index contributed by atoms with van der Waals surface area (Å²) in [7, 11) is 1.86. The van der Waals surface area contributed by atoms with Gasteiger partial charge in [0.2, 0.25) is 0 Å². The Labute approximate surface area is 116 Å². The van der Waals surface area contributed by atoms with Crippen molar-refractivity contribution in [1.82, 2.24) is 9.78 Å². The molecule has 19 heavy (non-hydrogen) atoms. The molecule has 0 aliphatic heterocycles. The zero-order valence-corrected chi connectivity index (χ0v) is 11.3. The SMILES string of the molecule is Cn1cc(CCOc2ccc(C(N)=S)c(F)c2)cn1. The lowest BCUT2D eigenvalue weighted by Crippen LogP contribution is -2.11. The van der Waals surface area contributed by atoms with Crippen LogP contribution in [0.2, 0.25) is 0 Å². The Hall–Kier alpha value is -1.95. The van der Waals surface area contributed by atoms with E-state index >= 15 is 0 Å². The largest absolute Gasteiger partial charge is 0.493 e. The Balaban J connectivity index is 1.93. The molecule has 0 aliphatic carbocycles. The number of hydrogen-bond acceptors (Lipinski definition) is 3. The van der Waals surface area contributed by atoms with Crippen LogP contribution >= 0.6 is 12.2 Å². The summed E-state index contributed by atoms with van der Waals surface area (Å²) >= 11 is 4.73. The summed E-state index contributed by atoms with van der Waals surface area (Å²) in [5.41, 5.74) is 6.69. The van der Waals surface area contributed by atoms with Gasteiger partial charge >= 0.3 is 0 Å². The fourth-order valence-electron chi connectivity index (χ4n) is 1.67. The molecule has 0 amide bonds. The molecule has 0 atom stereocenters. The van der Waals surface area contributed by atoms with Gasteiger partial charge in [0.15, 0.2) is 0 Å². The molecule has 1 aromatic heterocycles. The number of aromatic nitrogens is 2. The van der Waals surface area contributed by atoms with Crippen molar-refractivity contribution in [3.63, 3.8) is 0 Å². The molecule has 2 N–H and O–H groups in total. The van der Waals surface area contributed by atoms with Crippen LogP contribution in [0.1, 0.15) is 11.1 Å². The zero-order chi connectivity index (χ0) is 13.8. The second-order valence-electron chi connectivity index (χ2n) is 4.13. The van der Waals surface area contributed by atoms with Gasteiger partial charge in [-0.25, -0.2) is 4.39 Å². The van der Waals surface area contributed by atoms with Gasteiger partial charge in [-0.15, -0.1) is 0 Å². The van der Waals surface area contributed by atoms with Crippen molar-refractivity contribution in [3.05, 3.63) is 47.5 Å². The summed E-state index contributed by atoms with van der Waals surface area (Å²) in [6.07, 6.45) is 4.41. The quantitative estimate of drug-likeness (QED) is 0.848. The van der Waals surface area contributed by atoms with Gasteiger partial charge in [-0.1, -0.05) is 12.2 Å². The molecule has 1 heterocycles. The zero-order valence-electron chi connectivity index (χ0n) is 10.5. The summed E-state index contributed by atoms with van der Waals surface area (Å²) < 4.78 is 20.8. The normalized spacial score (nSPS) is 10.4. The van der Waals surface area contributed by atoms with E-state index in [0.29, 0.717) is 18.8 Å². The number of nitrogens with two attached hydrogens (primary N) is 1.